The first-order valence-electron chi connectivity index (χ1n) is 8.04. The average Bonchev–Trinajstić information content (AvgIpc) is 2.46. The summed E-state index contributed by atoms with van der Waals surface area (Å²) >= 11 is 0. The number of alkyl carbamates (subject to hydrolysis) is 1. The summed E-state index contributed by atoms with van der Waals surface area (Å²) in [6.07, 6.45) is 2.17. The molecule has 1 saturated carbocycles. The lowest BCUT2D eigenvalue weighted by Crippen LogP contribution is -2.60. The zero-order valence-corrected chi connectivity index (χ0v) is 14.0. The number of carboxylic acid groups (broad SMARTS) is 1. The van der Waals surface area contributed by atoms with Crippen molar-refractivity contribution in [3.63, 3.8) is 0 Å². The fourth-order valence-corrected chi connectivity index (χ4v) is 3.25. The van der Waals surface area contributed by atoms with Crippen LogP contribution in [0.3, 0.4) is 0 Å². The summed E-state index contributed by atoms with van der Waals surface area (Å²) in [7, 11) is 0. The van der Waals surface area contributed by atoms with Crippen molar-refractivity contribution in [2.75, 3.05) is 0 Å². The lowest BCUT2D eigenvalue weighted by atomic mass is 9.69. The highest BCUT2D eigenvalue weighted by atomic mass is 16.6. The predicted molar refractivity (Wildman–Crippen MR) is 87.4 cm³/mol. The third-order valence-corrected chi connectivity index (χ3v) is 4.22. The number of benzene rings is 1. The molecule has 5 heteroatoms. The molecule has 0 bridgehead atoms. The number of aliphatic carboxylic acids is 1. The Kier molecular flexibility index (Phi) is 4.97. The van der Waals surface area contributed by atoms with Crippen LogP contribution in [0, 0.1) is 0 Å². The van der Waals surface area contributed by atoms with E-state index in [4.69, 9.17) is 4.74 Å². The molecule has 1 amide bonds. The van der Waals surface area contributed by atoms with Crippen molar-refractivity contribution in [1.82, 2.24) is 5.32 Å². The first kappa shape index (κ1) is 17.3. The molecule has 0 unspecified atom stereocenters. The van der Waals surface area contributed by atoms with Crippen LogP contribution in [-0.2, 0) is 9.53 Å². The van der Waals surface area contributed by atoms with Gasteiger partial charge in [0.25, 0.3) is 0 Å². The van der Waals surface area contributed by atoms with Gasteiger partial charge in [0.2, 0.25) is 0 Å². The second-order valence-corrected chi connectivity index (χ2v) is 7.11. The summed E-state index contributed by atoms with van der Waals surface area (Å²) < 4.78 is 5.29. The first-order valence-corrected chi connectivity index (χ1v) is 8.04. The molecular weight excluding hydrogens is 294 g/mol. The van der Waals surface area contributed by atoms with Crippen LogP contribution in [0.25, 0.3) is 0 Å². The molecule has 0 aliphatic heterocycles. The van der Waals surface area contributed by atoms with Crippen molar-refractivity contribution in [2.24, 2.45) is 0 Å². The van der Waals surface area contributed by atoms with Crippen LogP contribution in [0.1, 0.15) is 57.9 Å². The summed E-state index contributed by atoms with van der Waals surface area (Å²) in [5.74, 6) is -1.26. The van der Waals surface area contributed by atoms with E-state index < -0.39 is 23.2 Å². The molecule has 1 aliphatic rings. The second-order valence-electron chi connectivity index (χ2n) is 7.11. The number of hydrogen-bond donors (Lipinski definition) is 2. The molecule has 5 nitrogen and oxygen atoms in total. The Morgan fingerprint density at radius 2 is 1.87 bits per heavy atom. The summed E-state index contributed by atoms with van der Waals surface area (Å²) in [4.78, 5) is 24.3. The van der Waals surface area contributed by atoms with Gasteiger partial charge in [-0.05, 0) is 39.2 Å². The van der Waals surface area contributed by atoms with Crippen LogP contribution in [0.5, 0.6) is 0 Å². The van der Waals surface area contributed by atoms with Gasteiger partial charge >= 0.3 is 12.1 Å². The quantitative estimate of drug-likeness (QED) is 0.891. The lowest BCUT2D eigenvalue weighted by Gasteiger charge is -2.41. The minimum atomic E-state index is -1.32. The Balaban J connectivity index is 2.32. The molecule has 2 atom stereocenters. The van der Waals surface area contributed by atoms with Gasteiger partial charge in [0.1, 0.15) is 11.1 Å². The third kappa shape index (κ3) is 4.03. The fourth-order valence-electron chi connectivity index (χ4n) is 3.25. The van der Waals surface area contributed by atoms with Gasteiger partial charge in [-0.25, -0.2) is 9.59 Å². The molecule has 0 saturated heterocycles. The van der Waals surface area contributed by atoms with Crippen LogP contribution < -0.4 is 5.32 Å². The smallest absolute Gasteiger partial charge is 0.408 e. The van der Waals surface area contributed by atoms with E-state index in [1.807, 2.05) is 30.3 Å². The Labute approximate surface area is 137 Å². The van der Waals surface area contributed by atoms with E-state index in [0.717, 1.165) is 24.8 Å². The molecule has 2 N–H and O–H groups in total. The van der Waals surface area contributed by atoms with Crippen molar-refractivity contribution < 1.29 is 19.4 Å². The van der Waals surface area contributed by atoms with Crippen LogP contribution in [-0.4, -0.2) is 28.3 Å². The van der Waals surface area contributed by atoms with Crippen LogP contribution in [0.2, 0.25) is 0 Å². The molecule has 2 rings (SSSR count). The van der Waals surface area contributed by atoms with Crippen LogP contribution >= 0.6 is 0 Å². The average molecular weight is 319 g/mol. The maximum atomic E-state index is 12.2. The number of carbonyl (C=O) groups excluding carboxylic acids is 1. The van der Waals surface area contributed by atoms with E-state index in [-0.39, 0.29) is 5.92 Å². The number of rotatable bonds is 3. The molecule has 0 heterocycles. The van der Waals surface area contributed by atoms with Gasteiger partial charge in [-0.3, -0.25) is 0 Å². The highest BCUT2D eigenvalue weighted by Gasteiger charge is 2.49. The van der Waals surface area contributed by atoms with E-state index in [1.165, 1.54) is 0 Å². The van der Waals surface area contributed by atoms with E-state index in [0.29, 0.717) is 6.42 Å². The number of ether oxygens (including phenoxy) is 1. The lowest BCUT2D eigenvalue weighted by molar-refractivity contribution is -0.147. The zero-order valence-electron chi connectivity index (χ0n) is 14.0. The van der Waals surface area contributed by atoms with E-state index >= 15 is 0 Å². The molecule has 23 heavy (non-hydrogen) atoms. The molecule has 1 fully saturated rings. The molecular formula is C18H25NO4. The van der Waals surface area contributed by atoms with Crippen molar-refractivity contribution >= 4 is 12.1 Å². The monoisotopic (exact) mass is 319 g/mol. The largest absolute Gasteiger partial charge is 0.479 e. The van der Waals surface area contributed by atoms with Gasteiger partial charge in [0, 0.05) is 5.92 Å². The van der Waals surface area contributed by atoms with Gasteiger partial charge in [-0.1, -0.05) is 43.2 Å². The maximum Gasteiger partial charge on any atom is 0.408 e. The van der Waals surface area contributed by atoms with E-state index in [1.54, 1.807) is 20.8 Å². The first-order chi connectivity index (χ1) is 10.7. The molecule has 1 aromatic carbocycles. The van der Waals surface area contributed by atoms with Crippen molar-refractivity contribution in [1.29, 1.82) is 0 Å². The molecule has 0 radical (unpaired) electrons. The molecule has 1 aromatic rings. The zero-order chi connectivity index (χ0) is 17.1. The fraction of sp³-hybridized carbons (Fsp3) is 0.556. The van der Waals surface area contributed by atoms with Gasteiger partial charge in [0.05, 0.1) is 0 Å². The minimum absolute atomic E-state index is 0.262. The van der Waals surface area contributed by atoms with Gasteiger partial charge in [-0.15, -0.1) is 0 Å². The van der Waals surface area contributed by atoms with Crippen molar-refractivity contribution in [3.05, 3.63) is 35.9 Å². The van der Waals surface area contributed by atoms with Crippen molar-refractivity contribution in [2.45, 2.75) is 63.5 Å². The normalized spacial score (nSPS) is 24.7. The topological polar surface area (TPSA) is 75.6 Å². The standard InChI is InChI=1S/C18H25NO4/c1-17(2,3)23-16(22)19-18(15(20)21)12-8-7-11-14(18)13-9-5-4-6-10-13/h4-6,9-10,14H,7-8,11-12H2,1-3H3,(H,19,22)(H,20,21)/t14-,18-/m1/s1. The molecule has 1 aliphatic carbocycles. The van der Waals surface area contributed by atoms with Gasteiger partial charge in [0.15, 0.2) is 0 Å². The summed E-state index contributed by atoms with van der Waals surface area (Å²) in [5.41, 5.74) is -1.05. The van der Waals surface area contributed by atoms with Gasteiger partial charge < -0.3 is 15.2 Å². The number of carboxylic acids is 1. The Morgan fingerprint density at radius 3 is 2.43 bits per heavy atom. The maximum absolute atomic E-state index is 12.2. The molecule has 0 spiro atoms. The second kappa shape index (κ2) is 6.60. The van der Waals surface area contributed by atoms with E-state index in [9.17, 15) is 14.7 Å². The number of nitrogens with one attached hydrogen (secondary N) is 1. The minimum Gasteiger partial charge on any atom is -0.479 e. The summed E-state index contributed by atoms with van der Waals surface area (Å²) in [6.45, 7) is 5.28. The highest BCUT2D eigenvalue weighted by Crippen LogP contribution is 2.41. The summed E-state index contributed by atoms with van der Waals surface area (Å²) in [6, 6.07) is 9.53. The highest BCUT2D eigenvalue weighted by molar-refractivity contribution is 5.86. The van der Waals surface area contributed by atoms with E-state index in [2.05, 4.69) is 5.32 Å². The number of amides is 1. The third-order valence-electron chi connectivity index (χ3n) is 4.22. The van der Waals surface area contributed by atoms with Crippen LogP contribution in [0.4, 0.5) is 4.79 Å². The van der Waals surface area contributed by atoms with Crippen LogP contribution in [0.15, 0.2) is 30.3 Å². The molecule has 126 valence electrons. The Bertz CT molecular complexity index is 564. The van der Waals surface area contributed by atoms with Gasteiger partial charge in [-0.2, -0.15) is 0 Å². The predicted octanol–water partition coefficient (Wildman–Crippen LogP) is 3.69. The number of carbonyl (C=O) groups is 2. The summed E-state index contributed by atoms with van der Waals surface area (Å²) in [5, 5.41) is 12.6. The van der Waals surface area contributed by atoms with Crippen molar-refractivity contribution in [3.8, 4) is 0 Å². The SMILES string of the molecule is CC(C)(C)OC(=O)N[C@]1(C(=O)O)CCCC[C@@H]1c1ccccc1. The Morgan fingerprint density at radius 1 is 1.22 bits per heavy atom. The Hall–Kier alpha value is -2.04. The number of hydrogen-bond acceptors (Lipinski definition) is 3. The molecule has 0 aromatic heterocycles.